The van der Waals surface area contributed by atoms with Gasteiger partial charge in [-0.1, -0.05) is 60.7 Å². The summed E-state index contributed by atoms with van der Waals surface area (Å²) < 4.78 is 0. The Balaban J connectivity index is 2.04. The minimum atomic E-state index is -0.960. The number of hydrogen-bond donors (Lipinski definition) is 2. The highest BCUT2D eigenvalue weighted by molar-refractivity contribution is 5.78. The van der Waals surface area contributed by atoms with Crippen LogP contribution in [0.2, 0.25) is 0 Å². The third-order valence-corrected chi connectivity index (χ3v) is 5.77. The molecule has 142 valence electrons. The van der Waals surface area contributed by atoms with Crippen molar-refractivity contribution in [1.82, 2.24) is 4.90 Å². The summed E-state index contributed by atoms with van der Waals surface area (Å²) in [5.41, 5.74) is 1.11. The van der Waals surface area contributed by atoms with Gasteiger partial charge in [0, 0.05) is 24.5 Å². The van der Waals surface area contributed by atoms with Crippen LogP contribution >= 0.6 is 0 Å². The maximum atomic E-state index is 12.3. The van der Waals surface area contributed by atoms with Gasteiger partial charge in [-0.05, 0) is 25.0 Å². The molecule has 0 radical (unpaired) electrons. The van der Waals surface area contributed by atoms with E-state index in [4.69, 9.17) is 0 Å². The molecule has 2 aromatic rings. The molecule has 0 amide bonds. The number of carbonyl (C=O) groups is 2. The average molecular weight is 367 g/mol. The van der Waals surface area contributed by atoms with E-state index in [0.29, 0.717) is 13.1 Å². The third kappa shape index (κ3) is 3.74. The normalized spacial score (nSPS) is 25.0. The second kappa shape index (κ2) is 7.53. The first-order valence-corrected chi connectivity index (χ1v) is 9.12. The summed E-state index contributed by atoms with van der Waals surface area (Å²) in [6.07, 6.45) is 0. The van der Waals surface area contributed by atoms with Crippen LogP contribution in [0.3, 0.4) is 0 Å². The fraction of sp³-hybridized carbons (Fsp3) is 0.364. The van der Waals surface area contributed by atoms with Crippen LogP contribution in [0.5, 0.6) is 0 Å². The van der Waals surface area contributed by atoms with Crippen molar-refractivity contribution in [2.24, 2.45) is 11.8 Å². The van der Waals surface area contributed by atoms with E-state index in [0.717, 1.165) is 11.1 Å². The van der Waals surface area contributed by atoms with E-state index in [1.165, 1.54) is 0 Å². The van der Waals surface area contributed by atoms with E-state index in [1.54, 1.807) is 0 Å². The van der Waals surface area contributed by atoms with Crippen molar-refractivity contribution in [3.63, 3.8) is 0 Å². The van der Waals surface area contributed by atoms with Crippen LogP contribution in [0.1, 0.15) is 30.9 Å². The van der Waals surface area contributed by atoms with Gasteiger partial charge in [0.25, 0.3) is 0 Å². The molecule has 1 aliphatic heterocycles. The molecule has 2 aromatic carbocycles. The van der Waals surface area contributed by atoms with Crippen molar-refractivity contribution < 1.29 is 19.8 Å². The largest absolute Gasteiger partial charge is 0.481 e. The van der Waals surface area contributed by atoms with Crippen molar-refractivity contribution in [2.45, 2.75) is 31.8 Å². The molecule has 1 aliphatic rings. The van der Waals surface area contributed by atoms with Gasteiger partial charge in [0.2, 0.25) is 0 Å². The quantitative estimate of drug-likeness (QED) is 0.846. The van der Waals surface area contributed by atoms with Gasteiger partial charge >= 0.3 is 11.9 Å². The Morgan fingerprint density at radius 3 is 2.04 bits per heavy atom. The molecule has 5 heteroatoms. The predicted molar refractivity (Wildman–Crippen MR) is 102 cm³/mol. The van der Waals surface area contributed by atoms with Crippen molar-refractivity contribution >= 4 is 11.9 Å². The van der Waals surface area contributed by atoms with Crippen LogP contribution in [0.4, 0.5) is 0 Å². The Hall–Kier alpha value is -2.66. The Morgan fingerprint density at radius 2 is 1.52 bits per heavy atom. The van der Waals surface area contributed by atoms with Crippen LogP contribution in [-0.4, -0.2) is 39.1 Å². The molecule has 3 atom stereocenters. The average Bonchev–Trinajstić information content (AvgIpc) is 2.63. The summed E-state index contributed by atoms with van der Waals surface area (Å²) in [7, 11) is 0. The molecule has 1 saturated heterocycles. The van der Waals surface area contributed by atoms with E-state index < -0.39 is 35.2 Å². The number of hydrogen-bond acceptors (Lipinski definition) is 3. The van der Waals surface area contributed by atoms with Crippen LogP contribution in [0.15, 0.2) is 60.7 Å². The number of rotatable bonds is 5. The predicted octanol–water partition coefficient (Wildman–Crippen LogP) is 3.47. The van der Waals surface area contributed by atoms with Crippen molar-refractivity contribution in [1.29, 1.82) is 0 Å². The van der Waals surface area contributed by atoms with Gasteiger partial charge in [-0.2, -0.15) is 0 Å². The first-order chi connectivity index (χ1) is 12.8. The minimum Gasteiger partial charge on any atom is -0.481 e. The van der Waals surface area contributed by atoms with Crippen LogP contribution < -0.4 is 0 Å². The first-order valence-electron chi connectivity index (χ1n) is 9.12. The number of carboxylic acids is 2. The lowest BCUT2D eigenvalue weighted by Gasteiger charge is -2.52. The number of piperidine rings is 1. The summed E-state index contributed by atoms with van der Waals surface area (Å²) in [5, 5.41) is 20.0. The molecule has 5 nitrogen and oxygen atoms in total. The molecule has 0 aliphatic carbocycles. The minimum absolute atomic E-state index is 0.306. The van der Waals surface area contributed by atoms with E-state index in [-0.39, 0.29) is 0 Å². The lowest BCUT2D eigenvalue weighted by Crippen LogP contribution is -2.61. The topological polar surface area (TPSA) is 77.8 Å². The molecule has 3 rings (SSSR count). The molecule has 2 N–H and O–H groups in total. The van der Waals surface area contributed by atoms with E-state index >= 15 is 0 Å². The molecule has 0 saturated carbocycles. The zero-order chi connectivity index (χ0) is 19.6. The summed E-state index contributed by atoms with van der Waals surface area (Å²) in [4.78, 5) is 26.4. The number of nitrogens with zero attached hydrogens (tertiary/aromatic N) is 1. The SMILES string of the molecule is CC1(C)C(C(=O)O)C(c2ccccc2)C(C(=O)O)CN1Cc1ccccc1. The first kappa shape index (κ1) is 19.1. The van der Waals surface area contributed by atoms with Crippen LogP contribution in [-0.2, 0) is 16.1 Å². The lowest BCUT2D eigenvalue weighted by atomic mass is 9.65. The highest BCUT2D eigenvalue weighted by Gasteiger charge is 2.54. The highest BCUT2D eigenvalue weighted by atomic mass is 16.4. The second-order valence-corrected chi connectivity index (χ2v) is 7.72. The van der Waals surface area contributed by atoms with Gasteiger partial charge in [0.15, 0.2) is 0 Å². The van der Waals surface area contributed by atoms with E-state index in [1.807, 2.05) is 79.4 Å². The molecule has 0 aromatic heterocycles. The molecular weight excluding hydrogens is 342 g/mol. The second-order valence-electron chi connectivity index (χ2n) is 7.72. The highest BCUT2D eigenvalue weighted by Crippen LogP contribution is 2.46. The number of likely N-dealkylation sites (tertiary alicyclic amines) is 1. The third-order valence-electron chi connectivity index (χ3n) is 5.77. The van der Waals surface area contributed by atoms with Crippen LogP contribution in [0, 0.1) is 11.8 Å². The van der Waals surface area contributed by atoms with Gasteiger partial charge in [-0.25, -0.2) is 0 Å². The molecule has 0 bridgehead atoms. The number of aliphatic carboxylic acids is 2. The molecule has 3 unspecified atom stereocenters. The maximum Gasteiger partial charge on any atom is 0.309 e. The van der Waals surface area contributed by atoms with Gasteiger partial charge < -0.3 is 10.2 Å². The zero-order valence-corrected chi connectivity index (χ0v) is 15.6. The molecule has 1 heterocycles. The Kier molecular flexibility index (Phi) is 5.33. The maximum absolute atomic E-state index is 12.3. The fourth-order valence-electron chi connectivity index (χ4n) is 4.31. The smallest absolute Gasteiger partial charge is 0.309 e. The molecule has 0 spiro atoms. The van der Waals surface area contributed by atoms with Gasteiger partial charge in [-0.3, -0.25) is 14.5 Å². The zero-order valence-electron chi connectivity index (χ0n) is 15.6. The summed E-state index contributed by atoms with van der Waals surface area (Å²) in [6.45, 7) is 4.63. The Morgan fingerprint density at radius 1 is 0.963 bits per heavy atom. The lowest BCUT2D eigenvalue weighted by molar-refractivity contribution is -0.161. The van der Waals surface area contributed by atoms with Gasteiger partial charge in [0.1, 0.15) is 0 Å². The Bertz CT molecular complexity index is 804. The standard InChI is InChI=1S/C22H25NO4/c1-22(2)19(21(26)27)18(16-11-7-4-8-12-16)17(20(24)25)14-23(22)13-15-9-5-3-6-10-15/h3-12,17-19H,13-14H2,1-2H3,(H,24,25)(H,26,27). The van der Waals surface area contributed by atoms with Gasteiger partial charge in [-0.15, -0.1) is 0 Å². The van der Waals surface area contributed by atoms with E-state index in [9.17, 15) is 19.8 Å². The van der Waals surface area contributed by atoms with Gasteiger partial charge in [0.05, 0.1) is 11.8 Å². The van der Waals surface area contributed by atoms with E-state index in [2.05, 4.69) is 0 Å². The fourth-order valence-corrected chi connectivity index (χ4v) is 4.31. The number of benzene rings is 2. The van der Waals surface area contributed by atoms with Crippen molar-refractivity contribution in [3.8, 4) is 0 Å². The number of carboxylic acid groups (broad SMARTS) is 2. The monoisotopic (exact) mass is 367 g/mol. The summed E-state index contributed by atoms with van der Waals surface area (Å²) in [6, 6.07) is 18.9. The summed E-state index contributed by atoms with van der Waals surface area (Å²) in [5.74, 6) is -4.12. The summed E-state index contributed by atoms with van der Waals surface area (Å²) >= 11 is 0. The van der Waals surface area contributed by atoms with Crippen molar-refractivity contribution in [2.75, 3.05) is 6.54 Å². The molecular formula is C22H25NO4. The van der Waals surface area contributed by atoms with Crippen molar-refractivity contribution in [3.05, 3.63) is 71.8 Å². The molecule has 1 fully saturated rings. The van der Waals surface area contributed by atoms with Crippen LogP contribution in [0.25, 0.3) is 0 Å². The Labute approximate surface area is 159 Å². The molecule has 27 heavy (non-hydrogen) atoms.